The van der Waals surface area contributed by atoms with Crippen LogP contribution < -0.4 is 22.5 Å². The normalized spacial score (nSPS) is 10.3. The highest BCUT2D eigenvalue weighted by Gasteiger charge is 2.09. The number of nitrogens with one attached hydrogen (secondary N) is 1. The van der Waals surface area contributed by atoms with Gasteiger partial charge in [-0.2, -0.15) is 9.97 Å². The van der Waals surface area contributed by atoms with Gasteiger partial charge in [0.25, 0.3) is 0 Å². The van der Waals surface area contributed by atoms with Crippen LogP contribution in [0.2, 0.25) is 0 Å². The fourth-order valence-corrected chi connectivity index (χ4v) is 1.68. The zero-order valence-electron chi connectivity index (χ0n) is 10.4. The van der Waals surface area contributed by atoms with E-state index < -0.39 is 0 Å². The van der Waals surface area contributed by atoms with Crippen LogP contribution in [0.4, 0.5) is 29.0 Å². The Balaban J connectivity index is 2.40. The molecule has 6 heteroatoms. The van der Waals surface area contributed by atoms with Gasteiger partial charge in [0, 0.05) is 5.69 Å². The summed E-state index contributed by atoms with van der Waals surface area (Å²) in [4.78, 5) is 7.83. The molecule has 18 heavy (non-hydrogen) atoms. The molecule has 7 N–H and O–H groups in total. The van der Waals surface area contributed by atoms with Gasteiger partial charge in [-0.3, -0.25) is 0 Å². The van der Waals surface area contributed by atoms with E-state index in [0.717, 1.165) is 11.3 Å². The summed E-state index contributed by atoms with van der Waals surface area (Å²) in [5, 5.41) is 3.11. The summed E-state index contributed by atoms with van der Waals surface area (Å²) in [6.45, 7) is 4.03. The largest absolute Gasteiger partial charge is 0.393 e. The van der Waals surface area contributed by atoms with Crippen LogP contribution in [-0.4, -0.2) is 9.97 Å². The summed E-state index contributed by atoms with van der Waals surface area (Å²) in [6, 6.07) is 6.02. The molecule has 0 saturated heterocycles. The van der Waals surface area contributed by atoms with Crippen molar-refractivity contribution in [1.29, 1.82) is 0 Å². The summed E-state index contributed by atoms with van der Waals surface area (Å²) in [5.74, 6) is 0.690. The van der Waals surface area contributed by atoms with E-state index >= 15 is 0 Å². The van der Waals surface area contributed by atoms with E-state index in [1.807, 2.05) is 26.0 Å². The van der Waals surface area contributed by atoms with Crippen molar-refractivity contribution in [2.24, 2.45) is 0 Å². The molecule has 0 atom stereocenters. The summed E-state index contributed by atoms with van der Waals surface area (Å²) in [6.07, 6.45) is 0. The highest BCUT2D eigenvalue weighted by Crippen LogP contribution is 2.27. The summed E-state index contributed by atoms with van der Waals surface area (Å²) < 4.78 is 0. The molecular weight excluding hydrogens is 228 g/mol. The number of aryl methyl sites for hydroxylation is 2. The number of anilines is 5. The third-order valence-corrected chi connectivity index (χ3v) is 2.63. The Kier molecular flexibility index (Phi) is 2.93. The van der Waals surface area contributed by atoms with Gasteiger partial charge in [-0.05, 0) is 25.5 Å². The molecule has 2 aromatic rings. The van der Waals surface area contributed by atoms with Crippen LogP contribution in [0.3, 0.4) is 0 Å². The summed E-state index contributed by atoms with van der Waals surface area (Å²) in [7, 11) is 0. The van der Waals surface area contributed by atoms with E-state index in [4.69, 9.17) is 17.2 Å². The minimum absolute atomic E-state index is 0.0916. The second-order valence-electron chi connectivity index (χ2n) is 4.17. The number of hydrogen-bond donors (Lipinski definition) is 4. The summed E-state index contributed by atoms with van der Waals surface area (Å²) >= 11 is 0. The van der Waals surface area contributed by atoms with Crippen molar-refractivity contribution in [2.75, 3.05) is 22.5 Å². The Morgan fingerprint density at radius 3 is 2.44 bits per heavy atom. The predicted molar refractivity (Wildman–Crippen MR) is 74.5 cm³/mol. The SMILES string of the molecule is Cc1ccc(Nc2nc(N)nc(N)c2N)c(C)c1. The van der Waals surface area contributed by atoms with E-state index in [1.165, 1.54) is 5.56 Å². The van der Waals surface area contributed by atoms with E-state index in [9.17, 15) is 0 Å². The van der Waals surface area contributed by atoms with Crippen molar-refractivity contribution in [1.82, 2.24) is 9.97 Å². The molecule has 2 rings (SSSR count). The number of aromatic nitrogens is 2. The van der Waals surface area contributed by atoms with Crippen molar-refractivity contribution < 1.29 is 0 Å². The molecule has 0 unspecified atom stereocenters. The van der Waals surface area contributed by atoms with Crippen LogP contribution in [0.5, 0.6) is 0 Å². The molecule has 1 heterocycles. The number of nitrogen functional groups attached to an aromatic ring is 3. The number of nitrogens with zero attached hydrogens (tertiary/aromatic N) is 2. The Bertz CT molecular complexity index is 593. The molecule has 0 saturated carbocycles. The Hall–Kier alpha value is -2.50. The van der Waals surface area contributed by atoms with E-state index in [-0.39, 0.29) is 11.8 Å². The van der Waals surface area contributed by atoms with Gasteiger partial charge < -0.3 is 22.5 Å². The van der Waals surface area contributed by atoms with E-state index in [0.29, 0.717) is 11.5 Å². The van der Waals surface area contributed by atoms with E-state index in [1.54, 1.807) is 0 Å². The molecule has 0 aliphatic carbocycles. The highest BCUT2D eigenvalue weighted by molar-refractivity contribution is 5.78. The fourth-order valence-electron chi connectivity index (χ4n) is 1.68. The number of benzene rings is 1. The maximum Gasteiger partial charge on any atom is 0.224 e. The van der Waals surface area contributed by atoms with Gasteiger partial charge in [-0.25, -0.2) is 0 Å². The van der Waals surface area contributed by atoms with Gasteiger partial charge in [0.15, 0.2) is 11.6 Å². The second kappa shape index (κ2) is 4.40. The molecule has 0 aliphatic rings. The van der Waals surface area contributed by atoms with Crippen molar-refractivity contribution in [3.63, 3.8) is 0 Å². The first-order chi connectivity index (χ1) is 8.47. The molecule has 0 aliphatic heterocycles. The van der Waals surface area contributed by atoms with Gasteiger partial charge >= 0.3 is 0 Å². The maximum atomic E-state index is 5.81. The Labute approximate surface area is 105 Å². The van der Waals surface area contributed by atoms with Crippen LogP contribution >= 0.6 is 0 Å². The van der Waals surface area contributed by atoms with Gasteiger partial charge in [-0.15, -0.1) is 0 Å². The third kappa shape index (κ3) is 2.27. The highest BCUT2D eigenvalue weighted by atomic mass is 15.1. The number of nitrogens with two attached hydrogens (primary N) is 3. The maximum absolute atomic E-state index is 5.81. The summed E-state index contributed by atoms with van der Waals surface area (Å²) in [5.41, 5.74) is 20.5. The van der Waals surface area contributed by atoms with Crippen LogP contribution in [0, 0.1) is 13.8 Å². The first-order valence-electron chi connectivity index (χ1n) is 5.50. The molecule has 1 aromatic heterocycles. The molecule has 0 amide bonds. The van der Waals surface area contributed by atoms with Gasteiger partial charge in [0.2, 0.25) is 5.95 Å². The van der Waals surface area contributed by atoms with E-state index in [2.05, 4.69) is 21.4 Å². The lowest BCUT2D eigenvalue weighted by Gasteiger charge is -2.12. The minimum atomic E-state index is 0.0916. The molecule has 6 nitrogen and oxygen atoms in total. The lowest BCUT2D eigenvalue weighted by Crippen LogP contribution is -2.08. The molecule has 0 spiro atoms. The van der Waals surface area contributed by atoms with Crippen molar-refractivity contribution in [3.05, 3.63) is 29.3 Å². The minimum Gasteiger partial charge on any atom is -0.393 e. The van der Waals surface area contributed by atoms with Crippen LogP contribution in [0.15, 0.2) is 18.2 Å². The van der Waals surface area contributed by atoms with Crippen molar-refractivity contribution in [2.45, 2.75) is 13.8 Å². The average molecular weight is 244 g/mol. The average Bonchev–Trinajstić information content (AvgIpc) is 2.29. The topological polar surface area (TPSA) is 116 Å². The first-order valence-corrected chi connectivity index (χ1v) is 5.50. The van der Waals surface area contributed by atoms with Gasteiger partial charge in [0.05, 0.1) is 0 Å². The third-order valence-electron chi connectivity index (χ3n) is 2.63. The lowest BCUT2D eigenvalue weighted by atomic mass is 10.1. The van der Waals surface area contributed by atoms with Crippen molar-refractivity contribution >= 4 is 29.0 Å². The fraction of sp³-hybridized carbons (Fsp3) is 0.167. The lowest BCUT2D eigenvalue weighted by molar-refractivity contribution is 1.19. The Morgan fingerprint density at radius 2 is 1.78 bits per heavy atom. The van der Waals surface area contributed by atoms with Crippen molar-refractivity contribution in [3.8, 4) is 0 Å². The zero-order valence-corrected chi connectivity index (χ0v) is 10.4. The molecule has 0 radical (unpaired) electrons. The molecule has 94 valence electrons. The number of hydrogen-bond acceptors (Lipinski definition) is 6. The number of rotatable bonds is 2. The van der Waals surface area contributed by atoms with Crippen LogP contribution in [0.1, 0.15) is 11.1 Å². The molecule has 1 aromatic carbocycles. The Morgan fingerprint density at radius 1 is 1.06 bits per heavy atom. The monoisotopic (exact) mass is 244 g/mol. The quantitative estimate of drug-likeness (QED) is 0.637. The predicted octanol–water partition coefficient (Wildman–Crippen LogP) is 1.58. The smallest absolute Gasteiger partial charge is 0.224 e. The molecule has 0 bridgehead atoms. The van der Waals surface area contributed by atoms with Crippen LogP contribution in [-0.2, 0) is 0 Å². The molecular formula is C12H16N6. The molecule has 0 fully saturated rings. The zero-order chi connectivity index (χ0) is 13.3. The first kappa shape index (κ1) is 12.0. The van der Waals surface area contributed by atoms with Gasteiger partial charge in [0.1, 0.15) is 5.69 Å². The van der Waals surface area contributed by atoms with Crippen LogP contribution in [0.25, 0.3) is 0 Å². The standard InChI is InChI=1S/C12H16N6/c1-6-3-4-8(7(2)5-6)16-11-9(13)10(14)17-12(15)18-11/h3-5H,13H2,1-2H3,(H5,14,15,16,17,18). The second-order valence-corrected chi connectivity index (χ2v) is 4.17. The van der Waals surface area contributed by atoms with Gasteiger partial charge in [-0.1, -0.05) is 17.7 Å².